The lowest BCUT2D eigenvalue weighted by Gasteiger charge is -2.12. The van der Waals surface area contributed by atoms with Crippen LogP contribution in [0.4, 0.5) is 11.4 Å². The topological polar surface area (TPSA) is 76.0 Å². The number of rotatable bonds is 5. The second-order valence-corrected chi connectivity index (χ2v) is 5.30. The molecule has 0 aliphatic carbocycles. The molecule has 0 bridgehead atoms. The Morgan fingerprint density at radius 2 is 1.73 bits per heavy atom. The Balaban J connectivity index is 1.90. The zero-order valence-electron chi connectivity index (χ0n) is 13.0. The molecule has 1 heterocycles. The summed E-state index contributed by atoms with van der Waals surface area (Å²) in [7, 11) is 0. The summed E-state index contributed by atoms with van der Waals surface area (Å²) in [5.74, 6) is -0.201. The molecular weight excluding hydrogens is 280 g/mol. The van der Waals surface area contributed by atoms with Crippen LogP contribution >= 0.6 is 0 Å². The Labute approximate surface area is 129 Å². The molecule has 2 N–H and O–H groups in total. The molecule has 0 unspecified atom stereocenters. The zero-order chi connectivity index (χ0) is 16.1. The summed E-state index contributed by atoms with van der Waals surface area (Å²) in [6, 6.07) is 8.91. The van der Waals surface area contributed by atoms with Crippen molar-refractivity contribution < 1.29 is 9.59 Å². The van der Waals surface area contributed by atoms with Crippen molar-refractivity contribution in [3.05, 3.63) is 42.2 Å². The van der Waals surface area contributed by atoms with Gasteiger partial charge in [0, 0.05) is 30.9 Å². The number of nitrogens with zero attached hydrogens (tertiary/aromatic N) is 2. The van der Waals surface area contributed by atoms with Crippen LogP contribution < -0.4 is 10.6 Å². The van der Waals surface area contributed by atoms with E-state index in [0.717, 1.165) is 5.69 Å². The number of nitrogens with one attached hydrogen (secondary N) is 2. The van der Waals surface area contributed by atoms with Gasteiger partial charge in [0.05, 0.1) is 11.7 Å². The van der Waals surface area contributed by atoms with Gasteiger partial charge in [0.1, 0.15) is 0 Å². The molecule has 6 heteroatoms. The fourth-order valence-electron chi connectivity index (χ4n) is 2.09. The van der Waals surface area contributed by atoms with Gasteiger partial charge < -0.3 is 10.6 Å². The molecule has 0 spiro atoms. The van der Waals surface area contributed by atoms with Gasteiger partial charge in [-0.05, 0) is 44.2 Å². The molecule has 6 nitrogen and oxygen atoms in total. The first-order valence-electron chi connectivity index (χ1n) is 7.13. The van der Waals surface area contributed by atoms with Gasteiger partial charge in [-0.25, -0.2) is 0 Å². The number of carbonyl (C=O) groups excluding carboxylic acids is 2. The number of benzene rings is 1. The van der Waals surface area contributed by atoms with Crippen molar-refractivity contribution in [2.24, 2.45) is 0 Å². The maximum atomic E-state index is 12.0. The summed E-state index contributed by atoms with van der Waals surface area (Å²) < 4.78 is 1.79. The van der Waals surface area contributed by atoms with E-state index in [4.69, 9.17) is 0 Å². The first-order valence-corrected chi connectivity index (χ1v) is 7.13. The first kappa shape index (κ1) is 15.8. The number of carbonyl (C=O) groups is 2. The van der Waals surface area contributed by atoms with Crippen LogP contribution in [0.1, 0.15) is 32.0 Å². The molecule has 0 saturated carbocycles. The van der Waals surface area contributed by atoms with Gasteiger partial charge in [0.25, 0.3) is 0 Å². The van der Waals surface area contributed by atoms with Crippen LogP contribution in [0.3, 0.4) is 0 Å². The Kier molecular flexibility index (Phi) is 4.93. The summed E-state index contributed by atoms with van der Waals surface area (Å²) in [6.45, 7) is 5.32. The van der Waals surface area contributed by atoms with Crippen molar-refractivity contribution in [1.29, 1.82) is 0 Å². The lowest BCUT2D eigenvalue weighted by Crippen LogP contribution is -2.18. The van der Waals surface area contributed by atoms with E-state index in [1.807, 2.05) is 26.1 Å². The van der Waals surface area contributed by atoms with E-state index in [2.05, 4.69) is 15.7 Å². The van der Waals surface area contributed by atoms with Crippen LogP contribution in [0.15, 0.2) is 36.5 Å². The largest absolute Gasteiger partial charge is 0.326 e. The maximum Gasteiger partial charge on any atom is 0.226 e. The molecule has 0 fully saturated rings. The molecule has 2 amide bonds. The molecular formula is C16H20N4O2. The highest BCUT2D eigenvalue weighted by molar-refractivity contribution is 5.92. The minimum atomic E-state index is -0.125. The average Bonchev–Trinajstić information content (AvgIpc) is 2.87. The van der Waals surface area contributed by atoms with Crippen LogP contribution in [0.5, 0.6) is 0 Å². The number of hydrogen-bond acceptors (Lipinski definition) is 3. The molecule has 0 saturated heterocycles. The molecule has 0 aliphatic rings. The summed E-state index contributed by atoms with van der Waals surface area (Å²) >= 11 is 0. The second kappa shape index (κ2) is 6.89. The van der Waals surface area contributed by atoms with Crippen molar-refractivity contribution in [1.82, 2.24) is 9.78 Å². The fourth-order valence-corrected chi connectivity index (χ4v) is 2.09. The van der Waals surface area contributed by atoms with E-state index in [1.54, 1.807) is 28.9 Å². The summed E-state index contributed by atoms with van der Waals surface area (Å²) in [6.07, 6.45) is 2.21. The maximum absolute atomic E-state index is 12.0. The smallest absolute Gasteiger partial charge is 0.226 e. The van der Waals surface area contributed by atoms with Gasteiger partial charge >= 0.3 is 0 Å². The summed E-state index contributed by atoms with van der Waals surface area (Å²) in [5, 5.41) is 9.82. The van der Waals surface area contributed by atoms with Gasteiger partial charge in [0.2, 0.25) is 11.8 Å². The average molecular weight is 300 g/mol. The van der Waals surface area contributed by atoms with E-state index in [0.29, 0.717) is 17.8 Å². The predicted octanol–water partition coefficient (Wildman–Crippen LogP) is 2.74. The van der Waals surface area contributed by atoms with Crippen molar-refractivity contribution >= 4 is 23.2 Å². The highest BCUT2D eigenvalue weighted by Gasteiger charge is 2.11. The third-order valence-corrected chi connectivity index (χ3v) is 3.16. The van der Waals surface area contributed by atoms with Crippen LogP contribution in [0.2, 0.25) is 0 Å². The Bertz CT molecular complexity index is 661. The minimum absolute atomic E-state index is 0.00708. The number of hydrogen-bond donors (Lipinski definition) is 2. The SMILES string of the molecule is CC(=O)Nc1ccc(NC(=O)C[C@@H](C)n2ccc(C)n2)cc1. The molecule has 0 radical (unpaired) electrons. The van der Waals surface area contributed by atoms with E-state index in [9.17, 15) is 9.59 Å². The van der Waals surface area contributed by atoms with Crippen LogP contribution in [0.25, 0.3) is 0 Å². The van der Waals surface area contributed by atoms with Gasteiger partial charge in [-0.1, -0.05) is 0 Å². The molecule has 2 aromatic rings. The third kappa shape index (κ3) is 4.44. The Hall–Kier alpha value is -2.63. The van der Waals surface area contributed by atoms with E-state index in [-0.39, 0.29) is 17.9 Å². The standard InChI is InChI=1S/C16H20N4O2/c1-11-8-9-20(19-11)12(2)10-16(22)18-15-6-4-14(5-7-15)17-13(3)21/h4-9,12H,10H2,1-3H3,(H,17,21)(H,18,22)/t12-/m1/s1. The number of amides is 2. The molecule has 2 rings (SSSR count). The van der Waals surface area contributed by atoms with E-state index >= 15 is 0 Å². The Morgan fingerprint density at radius 3 is 2.23 bits per heavy atom. The summed E-state index contributed by atoms with van der Waals surface area (Å²) in [5.41, 5.74) is 2.33. The molecule has 1 aromatic heterocycles. The lowest BCUT2D eigenvalue weighted by atomic mass is 10.2. The lowest BCUT2D eigenvalue weighted by molar-refractivity contribution is -0.117. The van der Waals surface area contributed by atoms with Gasteiger partial charge in [-0.2, -0.15) is 5.10 Å². The molecule has 0 aliphatic heterocycles. The Morgan fingerprint density at radius 1 is 1.14 bits per heavy atom. The van der Waals surface area contributed by atoms with Crippen molar-refractivity contribution in [2.45, 2.75) is 33.2 Å². The number of anilines is 2. The van der Waals surface area contributed by atoms with Gasteiger partial charge in [-0.3, -0.25) is 14.3 Å². The molecule has 116 valence electrons. The predicted molar refractivity (Wildman–Crippen MR) is 85.7 cm³/mol. The minimum Gasteiger partial charge on any atom is -0.326 e. The highest BCUT2D eigenvalue weighted by atomic mass is 16.2. The van der Waals surface area contributed by atoms with Crippen LogP contribution in [-0.2, 0) is 9.59 Å². The molecule has 1 aromatic carbocycles. The van der Waals surface area contributed by atoms with Crippen molar-refractivity contribution in [2.75, 3.05) is 10.6 Å². The zero-order valence-corrected chi connectivity index (χ0v) is 13.0. The van der Waals surface area contributed by atoms with Crippen molar-refractivity contribution in [3.63, 3.8) is 0 Å². The molecule has 1 atom stereocenters. The van der Waals surface area contributed by atoms with Gasteiger partial charge in [0.15, 0.2) is 0 Å². The van der Waals surface area contributed by atoms with Crippen LogP contribution in [0, 0.1) is 6.92 Å². The first-order chi connectivity index (χ1) is 10.4. The molecule has 22 heavy (non-hydrogen) atoms. The highest BCUT2D eigenvalue weighted by Crippen LogP contribution is 2.16. The fraction of sp³-hybridized carbons (Fsp3) is 0.312. The summed E-state index contributed by atoms with van der Waals surface area (Å²) in [4.78, 5) is 23.0. The van der Waals surface area contributed by atoms with Crippen molar-refractivity contribution in [3.8, 4) is 0 Å². The van der Waals surface area contributed by atoms with Gasteiger partial charge in [-0.15, -0.1) is 0 Å². The number of aromatic nitrogens is 2. The normalized spacial score (nSPS) is 11.8. The van der Waals surface area contributed by atoms with E-state index in [1.165, 1.54) is 6.92 Å². The van der Waals surface area contributed by atoms with E-state index < -0.39 is 0 Å². The van der Waals surface area contributed by atoms with Crippen LogP contribution in [-0.4, -0.2) is 21.6 Å². The monoisotopic (exact) mass is 300 g/mol. The number of aryl methyl sites for hydroxylation is 1. The second-order valence-electron chi connectivity index (χ2n) is 5.30. The third-order valence-electron chi connectivity index (χ3n) is 3.16. The quantitative estimate of drug-likeness (QED) is 0.891.